The largest absolute Gasteiger partial charge is 0.394 e. The van der Waals surface area contributed by atoms with E-state index in [0.717, 1.165) is 17.7 Å². The Morgan fingerprint density at radius 3 is 2.58 bits per heavy atom. The molecule has 0 aliphatic rings. The van der Waals surface area contributed by atoms with Crippen LogP contribution in [-0.4, -0.2) is 4.57 Å². The molecule has 3 heteroatoms. The smallest absolute Gasteiger partial charge is 0.274 e. The Labute approximate surface area is 113 Å². The summed E-state index contributed by atoms with van der Waals surface area (Å²) in [5, 5.41) is 0. The van der Waals surface area contributed by atoms with Gasteiger partial charge in [0.05, 0.1) is 11.4 Å². The van der Waals surface area contributed by atoms with E-state index in [2.05, 4.69) is 39.0 Å². The van der Waals surface area contributed by atoms with E-state index < -0.39 is 0 Å². The van der Waals surface area contributed by atoms with E-state index in [-0.39, 0.29) is 5.56 Å². The van der Waals surface area contributed by atoms with Gasteiger partial charge >= 0.3 is 0 Å². The van der Waals surface area contributed by atoms with Gasteiger partial charge in [-0.15, -0.1) is 0 Å². The highest BCUT2D eigenvalue weighted by molar-refractivity contribution is 5.66. The summed E-state index contributed by atoms with van der Waals surface area (Å²) >= 11 is 0. The monoisotopic (exact) mass is 256 g/mol. The molecule has 0 spiro atoms. The van der Waals surface area contributed by atoms with E-state index >= 15 is 0 Å². The molecule has 2 N–H and O–H groups in total. The normalized spacial score (nSPS) is 10.7. The summed E-state index contributed by atoms with van der Waals surface area (Å²) in [6.07, 6.45) is 0.904. The molecule has 19 heavy (non-hydrogen) atoms. The Morgan fingerprint density at radius 1 is 1.16 bits per heavy atom. The van der Waals surface area contributed by atoms with Crippen molar-refractivity contribution in [3.63, 3.8) is 0 Å². The van der Waals surface area contributed by atoms with Crippen molar-refractivity contribution in [2.75, 3.05) is 5.73 Å². The molecule has 3 nitrogen and oxygen atoms in total. The number of nitrogen functional groups attached to an aromatic ring is 1. The zero-order chi connectivity index (χ0) is 14.0. The Bertz CT molecular complexity index is 656. The number of pyridine rings is 1. The molecule has 0 radical (unpaired) electrons. The summed E-state index contributed by atoms with van der Waals surface area (Å²) in [7, 11) is 0. The molecule has 0 aliphatic heterocycles. The van der Waals surface area contributed by atoms with Crippen LogP contribution in [0.5, 0.6) is 0 Å². The zero-order valence-corrected chi connectivity index (χ0v) is 11.7. The minimum atomic E-state index is -0.0970. The van der Waals surface area contributed by atoms with Gasteiger partial charge in [0.15, 0.2) is 0 Å². The molecule has 0 unspecified atom stereocenters. The van der Waals surface area contributed by atoms with Gasteiger partial charge in [-0.1, -0.05) is 24.6 Å². The zero-order valence-electron chi connectivity index (χ0n) is 11.7. The minimum Gasteiger partial charge on any atom is -0.394 e. The van der Waals surface area contributed by atoms with Gasteiger partial charge < -0.3 is 10.3 Å². The van der Waals surface area contributed by atoms with Crippen LogP contribution in [0.1, 0.15) is 24.5 Å². The molecule has 0 aliphatic carbocycles. The van der Waals surface area contributed by atoms with Crippen molar-refractivity contribution >= 4 is 5.69 Å². The van der Waals surface area contributed by atoms with Gasteiger partial charge in [-0.3, -0.25) is 4.79 Å². The molecule has 0 saturated carbocycles. The fourth-order valence-corrected chi connectivity index (χ4v) is 2.29. The SMILES string of the molecule is CCCn1c(-c2cc(C)ccc2C)ccc(N)c1=O. The highest BCUT2D eigenvalue weighted by Crippen LogP contribution is 2.24. The average Bonchev–Trinajstić information content (AvgIpc) is 2.39. The van der Waals surface area contributed by atoms with Crippen molar-refractivity contribution in [2.24, 2.45) is 0 Å². The lowest BCUT2D eigenvalue weighted by molar-refractivity contribution is 0.662. The maximum atomic E-state index is 12.2. The molecule has 1 aromatic carbocycles. The van der Waals surface area contributed by atoms with Crippen LogP contribution in [0.4, 0.5) is 5.69 Å². The summed E-state index contributed by atoms with van der Waals surface area (Å²) < 4.78 is 1.77. The number of aromatic nitrogens is 1. The van der Waals surface area contributed by atoms with E-state index in [9.17, 15) is 4.79 Å². The number of nitrogens with zero attached hydrogens (tertiary/aromatic N) is 1. The number of nitrogens with two attached hydrogens (primary N) is 1. The molecule has 0 fully saturated rings. The first kappa shape index (κ1) is 13.4. The van der Waals surface area contributed by atoms with Gasteiger partial charge in [0.2, 0.25) is 0 Å². The summed E-state index contributed by atoms with van der Waals surface area (Å²) in [6, 6.07) is 9.92. The van der Waals surface area contributed by atoms with Crippen LogP contribution in [0.15, 0.2) is 35.1 Å². The van der Waals surface area contributed by atoms with Gasteiger partial charge in [0, 0.05) is 12.1 Å². The third-order valence-electron chi connectivity index (χ3n) is 3.32. The first-order valence-corrected chi connectivity index (χ1v) is 6.61. The third kappa shape index (κ3) is 2.55. The van der Waals surface area contributed by atoms with E-state index in [1.807, 2.05) is 6.07 Å². The average molecular weight is 256 g/mol. The standard InChI is InChI=1S/C16H20N2O/c1-4-9-18-15(8-7-14(17)16(18)19)13-10-11(2)5-6-12(13)3/h5-8,10H,4,9,17H2,1-3H3. The number of rotatable bonds is 3. The van der Waals surface area contributed by atoms with E-state index in [1.54, 1.807) is 10.6 Å². The lowest BCUT2D eigenvalue weighted by atomic mass is 10.0. The fourth-order valence-electron chi connectivity index (χ4n) is 2.29. The molecule has 1 aromatic heterocycles. The van der Waals surface area contributed by atoms with Crippen LogP contribution in [0.3, 0.4) is 0 Å². The third-order valence-corrected chi connectivity index (χ3v) is 3.32. The Balaban J connectivity index is 2.71. The lowest BCUT2D eigenvalue weighted by Crippen LogP contribution is -2.24. The van der Waals surface area contributed by atoms with E-state index in [1.165, 1.54) is 11.1 Å². The van der Waals surface area contributed by atoms with Crippen molar-refractivity contribution in [2.45, 2.75) is 33.7 Å². The first-order chi connectivity index (χ1) is 9.04. The number of anilines is 1. The lowest BCUT2D eigenvalue weighted by Gasteiger charge is -2.15. The Kier molecular flexibility index (Phi) is 3.74. The van der Waals surface area contributed by atoms with Gasteiger partial charge in [-0.25, -0.2) is 0 Å². The van der Waals surface area contributed by atoms with Crippen LogP contribution in [0.2, 0.25) is 0 Å². The molecule has 1 heterocycles. The van der Waals surface area contributed by atoms with Gasteiger partial charge in [0.1, 0.15) is 0 Å². The molecule has 0 atom stereocenters. The predicted octanol–water partition coefficient (Wildman–Crippen LogP) is 3.12. The van der Waals surface area contributed by atoms with Crippen LogP contribution < -0.4 is 11.3 Å². The highest BCUT2D eigenvalue weighted by Gasteiger charge is 2.10. The van der Waals surface area contributed by atoms with Crippen LogP contribution in [0.25, 0.3) is 11.3 Å². The Hall–Kier alpha value is -2.03. The summed E-state index contributed by atoms with van der Waals surface area (Å²) in [5.41, 5.74) is 10.3. The number of hydrogen-bond acceptors (Lipinski definition) is 2. The van der Waals surface area contributed by atoms with E-state index in [0.29, 0.717) is 12.2 Å². The van der Waals surface area contributed by atoms with Crippen molar-refractivity contribution in [3.8, 4) is 11.3 Å². The van der Waals surface area contributed by atoms with Crippen molar-refractivity contribution in [1.29, 1.82) is 0 Å². The minimum absolute atomic E-state index is 0.0970. The molecular formula is C16H20N2O. The second-order valence-corrected chi connectivity index (χ2v) is 4.95. The van der Waals surface area contributed by atoms with Crippen LogP contribution in [0, 0.1) is 13.8 Å². The summed E-state index contributed by atoms with van der Waals surface area (Å²) in [4.78, 5) is 12.2. The fraction of sp³-hybridized carbons (Fsp3) is 0.312. The molecule has 0 saturated heterocycles. The van der Waals surface area contributed by atoms with Crippen molar-refractivity contribution in [1.82, 2.24) is 4.57 Å². The number of benzene rings is 1. The summed E-state index contributed by atoms with van der Waals surface area (Å²) in [6.45, 7) is 6.86. The highest BCUT2D eigenvalue weighted by atomic mass is 16.1. The van der Waals surface area contributed by atoms with Crippen molar-refractivity contribution < 1.29 is 0 Å². The van der Waals surface area contributed by atoms with Crippen LogP contribution >= 0.6 is 0 Å². The van der Waals surface area contributed by atoms with Gasteiger partial charge in [-0.2, -0.15) is 0 Å². The van der Waals surface area contributed by atoms with Gasteiger partial charge in [-0.05, 0) is 44.0 Å². The molecule has 2 rings (SSSR count). The number of hydrogen-bond donors (Lipinski definition) is 1. The first-order valence-electron chi connectivity index (χ1n) is 6.61. The molecular weight excluding hydrogens is 236 g/mol. The van der Waals surface area contributed by atoms with Crippen molar-refractivity contribution in [3.05, 3.63) is 51.8 Å². The van der Waals surface area contributed by atoms with E-state index in [4.69, 9.17) is 5.73 Å². The molecule has 0 amide bonds. The second-order valence-electron chi connectivity index (χ2n) is 4.95. The molecule has 100 valence electrons. The molecule has 2 aromatic rings. The predicted molar refractivity (Wildman–Crippen MR) is 80.3 cm³/mol. The molecule has 0 bridgehead atoms. The quantitative estimate of drug-likeness (QED) is 0.917. The second kappa shape index (κ2) is 5.31. The summed E-state index contributed by atoms with van der Waals surface area (Å²) in [5.74, 6) is 0. The topological polar surface area (TPSA) is 48.0 Å². The maximum Gasteiger partial charge on any atom is 0.274 e. The maximum absolute atomic E-state index is 12.2. The van der Waals surface area contributed by atoms with Crippen LogP contribution in [-0.2, 0) is 6.54 Å². The number of aryl methyl sites for hydroxylation is 2. The Morgan fingerprint density at radius 2 is 1.89 bits per heavy atom. The van der Waals surface area contributed by atoms with Gasteiger partial charge in [0.25, 0.3) is 5.56 Å².